The van der Waals surface area contributed by atoms with E-state index in [-0.39, 0.29) is 6.03 Å². The molecule has 1 saturated heterocycles. The molecule has 2 aromatic rings. The van der Waals surface area contributed by atoms with E-state index in [0.29, 0.717) is 0 Å². The average molecular weight is 353 g/mol. The van der Waals surface area contributed by atoms with Gasteiger partial charge in [0, 0.05) is 38.4 Å². The van der Waals surface area contributed by atoms with E-state index in [4.69, 9.17) is 4.74 Å². The molecule has 138 valence electrons. The van der Waals surface area contributed by atoms with Gasteiger partial charge in [0.2, 0.25) is 0 Å². The molecule has 0 unspecified atom stereocenters. The summed E-state index contributed by atoms with van der Waals surface area (Å²) >= 11 is 0. The highest BCUT2D eigenvalue weighted by atomic mass is 16.5. The average Bonchev–Trinajstić information content (AvgIpc) is 2.69. The number of carbonyl (C=O) groups is 1. The lowest BCUT2D eigenvalue weighted by Gasteiger charge is -2.34. The van der Waals surface area contributed by atoms with Gasteiger partial charge >= 0.3 is 6.03 Å². The summed E-state index contributed by atoms with van der Waals surface area (Å²) in [6.45, 7) is 6.38. The minimum absolute atomic E-state index is 0.00546. The molecular weight excluding hydrogens is 326 g/mol. The van der Waals surface area contributed by atoms with Crippen molar-refractivity contribution in [3.8, 4) is 5.75 Å². The summed E-state index contributed by atoms with van der Waals surface area (Å²) in [4.78, 5) is 16.8. The highest BCUT2D eigenvalue weighted by molar-refractivity contribution is 5.90. The van der Waals surface area contributed by atoms with E-state index in [0.717, 1.165) is 56.1 Å². The Morgan fingerprint density at radius 3 is 2.38 bits per heavy atom. The number of hydrogen-bond acceptors (Lipinski definition) is 3. The van der Waals surface area contributed by atoms with Crippen LogP contribution in [0.1, 0.15) is 11.1 Å². The quantitative estimate of drug-likeness (QED) is 0.896. The van der Waals surface area contributed by atoms with Gasteiger partial charge in [-0.15, -0.1) is 0 Å². The Kier molecular flexibility index (Phi) is 6.12. The molecule has 0 aromatic heterocycles. The Balaban J connectivity index is 1.43. The Hall–Kier alpha value is -2.53. The van der Waals surface area contributed by atoms with E-state index in [1.54, 1.807) is 7.11 Å². The second kappa shape index (κ2) is 8.72. The number of amides is 2. The molecule has 5 heteroatoms. The molecule has 1 aliphatic heterocycles. The largest absolute Gasteiger partial charge is 0.497 e. The van der Waals surface area contributed by atoms with Gasteiger partial charge in [0.25, 0.3) is 0 Å². The first-order chi connectivity index (χ1) is 12.7. The lowest BCUT2D eigenvalue weighted by molar-refractivity contribution is 0.148. The predicted molar refractivity (Wildman–Crippen MR) is 105 cm³/mol. The molecule has 0 bridgehead atoms. The summed E-state index contributed by atoms with van der Waals surface area (Å²) in [7, 11) is 1.68. The first-order valence-electron chi connectivity index (χ1n) is 9.12. The van der Waals surface area contributed by atoms with Gasteiger partial charge in [-0.2, -0.15) is 0 Å². The van der Waals surface area contributed by atoms with Gasteiger partial charge in [0.1, 0.15) is 5.75 Å². The van der Waals surface area contributed by atoms with Crippen LogP contribution in [0.25, 0.3) is 0 Å². The molecule has 1 aliphatic rings. The topological polar surface area (TPSA) is 44.8 Å². The van der Waals surface area contributed by atoms with Crippen LogP contribution >= 0.6 is 0 Å². The molecule has 0 radical (unpaired) electrons. The molecule has 1 fully saturated rings. The number of carbonyl (C=O) groups excluding carboxylic acids is 1. The SMILES string of the molecule is COc1ccc(CCN2CCN(C(=O)Nc3ccccc3C)CC2)cc1. The summed E-state index contributed by atoms with van der Waals surface area (Å²) < 4.78 is 5.19. The van der Waals surface area contributed by atoms with Gasteiger partial charge in [-0.1, -0.05) is 30.3 Å². The lowest BCUT2D eigenvalue weighted by Crippen LogP contribution is -2.50. The maximum Gasteiger partial charge on any atom is 0.321 e. The van der Waals surface area contributed by atoms with Crippen LogP contribution < -0.4 is 10.1 Å². The minimum atomic E-state index is -0.00546. The van der Waals surface area contributed by atoms with Crippen molar-refractivity contribution >= 4 is 11.7 Å². The lowest BCUT2D eigenvalue weighted by atomic mass is 10.1. The van der Waals surface area contributed by atoms with E-state index in [1.807, 2.05) is 48.2 Å². The fraction of sp³-hybridized carbons (Fsp3) is 0.381. The zero-order valence-electron chi connectivity index (χ0n) is 15.6. The van der Waals surface area contributed by atoms with Crippen molar-refractivity contribution in [3.05, 3.63) is 59.7 Å². The van der Waals surface area contributed by atoms with Gasteiger partial charge in [-0.05, 0) is 42.7 Å². The van der Waals surface area contributed by atoms with Gasteiger partial charge in [0.05, 0.1) is 7.11 Å². The van der Waals surface area contributed by atoms with Crippen LogP contribution in [0.5, 0.6) is 5.75 Å². The van der Waals surface area contributed by atoms with E-state index < -0.39 is 0 Å². The molecule has 3 rings (SSSR count). The molecule has 0 aliphatic carbocycles. The second-order valence-electron chi connectivity index (χ2n) is 6.67. The number of nitrogens with zero attached hydrogens (tertiary/aromatic N) is 2. The van der Waals surface area contributed by atoms with E-state index in [2.05, 4.69) is 22.3 Å². The van der Waals surface area contributed by atoms with E-state index in [9.17, 15) is 4.79 Å². The van der Waals surface area contributed by atoms with Crippen LogP contribution in [0.4, 0.5) is 10.5 Å². The van der Waals surface area contributed by atoms with Crippen molar-refractivity contribution in [2.45, 2.75) is 13.3 Å². The van der Waals surface area contributed by atoms with Crippen LogP contribution in [0.2, 0.25) is 0 Å². The number of methoxy groups -OCH3 is 1. The number of aryl methyl sites for hydroxylation is 1. The Bertz CT molecular complexity index is 722. The first-order valence-corrected chi connectivity index (χ1v) is 9.12. The molecule has 1 N–H and O–H groups in total. The molecule has 2 aromatic carbocycles. The van der Waals surface area contributed by atoms with Crippen molar-refractivity contribution in [2.24, 2.45) is 0 Å². The third-order valence-corrected chi connectivity index (χ3v) is 4.92. The number of nitrogens with one attached hydrogen (secondary N) is 1. The minimum Gasteiger partial charge on any atom is -0.497 e. The summed E-state index contributed by atoms with van der Waals surface area (Å²) in [5, 5.41) is 3.02. The zero-order chi connectivity index (χ0) is 18.4. The van der Waals surface area contributed by atoms with Crippen LogP contribution in [0.15, 0.2) is 48.5 Å². The Morgan fingerprint density at radius 2 is 1.73 bits per heavy atom. The maximum absolute atomic E-state index is 12.5. The monoisotopic (exact) mass is 353 g/mol. The van der Waals surface area contributed by atoms with Crippen LogP contribution in [0, 0.1) is 6.92 Å². The van der Waals surface area contributed by atoms with Crippen LogP contribution in [-0.4, -0.2) is 55.7 Å². The van der Waals surface area contributed by atoms with Gasteiger partial charge < -0.3 is 15.0 Å². The standard InChI is InChI=1S/C21H27N3O2/c1-17-5-3-4-6-20(17)22-21(25)24-15-13-23(14-16-24)12-11-18-7-9-19(26-2)10-8-18/h3-10H,11-16H2,1-2H3,(H,22,25). The summed E-state index contributed by atoms with van der Waals surface area (Å²) in [5.41, 5.74) is 3.28. The fourth-order valence-electron chi connectivity index (χ4n) is 3.16. The predicted octanol–water partition coefficient (Wildman–Crippen LogP) is 3.40. The first kappa shape index (κ1) is 18.3. The van der Waals surface area contributed by atoms with Gasteiger partial charge in [-0.3, -0.25) is 4.90 Å². The van der Waals surface area contributed by atoms with Crippen molar-refractivity contribution in [1.82, 2.24) is 9.80 Å². The third-order valence-electron chi connectivity index (χ3n) is 4.92. The van der Waals surface area contributed by atoms with Gasteiger partial charge in [-0.25, -0.2) is 4.79 Å². The molecular formula is C21H27N3O2. The van der Waals surface area contributed by atoms with E-state index in [1.165, 1.54) is 5.56 Å². The number of piperazine rings is 1. The van der Waals surface area contributed by atoms with Crippen molar-refractivity contribution in [1.29, 1.82) is 0 Å². The highest BCUT2D eigenvalue weighted by Crippen LogP contribution is 2.15. The summed E-state index contributed by atoms with van der Waals surface area (Å²) in [5.74, 6) is 0.891. The molecule has 0 saturated carbocycles. The summed E-state index contributed by atoms with van der Waals surface area (Å²) in [6.07, 6.45) is 1.01. The Labute approximate surface area is 155 Å². The molecule has 5 nitrogen and oxygen atoms in total. The third kappa shape index (κ3) is 4.76. The molecule has 26 heavy (non-hydrogen) atoms. The molecule has 0 atom stereocenters. The highest BCUT2D eigenvalue weighted by Gasteiger charge is 2.21. The number of benzene rings is 2. The number of rotatable bonds is 5. The Morgan fingerprint density at radius 1 is 1.04 bits per heavy atom. The number of ether oxygens (including phenoxy) is 1. The maximum atomic E-state index is 12.5. The number of anilines is 1. The number of para-hydroxylation sites is 1. The van der Waals surface area contributed by atoms with Crippen molar-refractivity contribution in [2.75, 3.05) is 45.2 Å². The second-order valence-corrected chi connectivity index (χ2v) is 6.67. The summed E-state index contributed by atoms with van der Waals surface area (Å²) in [6, 6.07) is 16.1. The molecule has 2 amide bonds. The van der Waals surface area contributed by atoms with Gasteiger partial charge in [0.15, 0.2) is 0 Å². The van der Waals surface area contributed by atoms with Crippen molar-refractivity contribution in [3.63, 3.8) is 0 Å². The van der Waals surface area contributed by atoms with Crippen molar-refractivity contribution < 1.29 is 9.53 Å². The normalized spacial score (nSPS) is 14.9. The smallest absolute Gasteiger partial charge is 0.321 e. The molecule has 0 spiro atoms. The fourth-order valence-corrected chi connectivity index (χ4v) is 3.16. The zero-order valence-corrected chi connectivity index (χ0v) is 15.6. The van der Waals surface area contributed by atoms with Crippen LogP contribution in [0.3, 0.4) is 0 Å². The van der Waals surface area contributed by atoms with Crippen LogP contribution in [-0.2, 0) is 6.42 Å². The number of urea groups is 1. The molecule has 1 heterocycles. The number of hydrogen-bond donors (Lipinski definition) is 1. The van der Waals surface area contributed by atoms with E-state index >= 15 is 0 Å².